The van der Waals surface area contributed by atoms with E-state index in [0.29, 0.717) is 0 Å². The molecule has 0 atom stereocenters. The maximum absolute atomic E-state index is 10.9. The van der Waals surface area contributed by atoms with E-state index in [0.717, 1.165) is 45.0 Å². The van der Waals surface area contributed by atoms with E-state index in [1.54, 1.807) is 18.9 Å². The van der Waals surface area contributed by atoms with Gasteiger partial charge in [0, 0.05) is 6.92 Å². The van der Waals surface area contributed by atoms with Gasteiger partial charge >= 0.3 is 0 Å². The SMILES string of the molecule is COc1ccccc1N1CC[NH+](CCNC(C)=O)CC1. The summed E-state index contributed by atoms with van der Waals surface area (Å²) in [6.07, 6.45) is 0. The van der Waals surface area contributed by atoms with Crippen LogP contribution in [0.25, 0.3) is 0 Å². The third-order valence-electron chi connectivity index (χ3n) is 3.75. The van der Waals surface area contributed by atoms with Crippen LogP contribution in [0.5, 0.6) is 5.75 Å². The molecule has 1 aliphatic rings. The van der Waals surface area contributed by atoms with Gasteiger partial charge in [-0.15, -0.1) is 0 Å². The third-order valence-corrected chi connectivity index (χ3v) is 3.75. The van der Waals surface area contributed by atoms with E-state index >= 15 is 0 Å². The summed E-state index contributed by atoms with van der Waals surface area (Å²) in [5.74, 6) is 0.992. The van der Waals surface area contributed by atoms with Crippen molar-refractivity contribution in [1.82, 2.24) is 5.32 Å². The van der Waals surface area contributed by atoms with E-state index in [9.17, 15) is 4.79 Å². The van der Waals surface area contributed by atoms with Crippen molar-refractivity contribution in [2.75, 3.05) is 51.3 Å². The molecule has 1 saturated heterocycles. The number of quaternary nitrogens is 1. The van der Waals surface area contributed by atoms with Crippen LogP contribution in [0.15, 0.2) is 24.3 Å². The van der Waals surface area contributed by atoms with Crippen molar-refractivity contribution < 1.29 is 14.4 Å². The Hall–Kier alpha value is -1.75. The van der Waals surface area contributed by atoms with Gasteiger partial charge in [0.2, 0.25) is 5.91 Å². The number of nitrogens with zero attached hydrogens (tertiary/aromatic N) is 1. The van der Waals surface area contributed by atoms with Crippen molar-refractivity contribution in [3.8, 4) is 5.75 Å². The maximum atomic E-state index is 10.9. The second kappa shape index (κ2) is 7.14. The van der Waals surface area contributed by atoms with Gasteiger partial charge in [0.05, 0.1) is 52.1 Å². The fourth-order valence-electron chi connectivity index (χ4n) is 2.62. The van der Waals surface area contributed by atoms with Gasteiger partial charge in [-0.1, -0.05) is 12.1 Å². The molecule has 1 aromatic carbocycles. The quantitative estimate of drug-likeness (QED) is 0.766. The first-order valence-corrected chi connectivity index (χ1v) is 7.16. The Bertz CT molecular complexity index is 442. The van der Waals surface area contributed by atoms with Gasteiger partial charge in [-0.3, -0.25) is 4.79 Å². The molecule has 0 aromatic heterocycles. The Balaban J connectivity index is 1.83. The highest BCUT2D eigenvalue weighted by Crippen LogP contribution is 2.27. The Labute approximate surface area is 120 Å². The van der Waals surface area contributed by atoms with Crippen LogP contribution in [0.3, 0.4) is 0 Å². The highest BCUT2D eigenvalue weighted by molar-refractivity contribution is 5.72. The number of nitrogens with one attached hydrogen (secondary N) is 2. The monoisotopic (exact) mass is 278 g/mol. The molecular formula is C15H24N3O2+. The zero-order chi connectivity index (χ0) is 14.4. The zero-order valence-corrected chi connectivity index (χ0v) is 12.3. The predicted octanol–water partition coefficient (Wildman–Crippen LogP) is -0.464. The number of hydrogen-bond donors (Lipinski definition) is 2. The largest absolute Gasteiger partial charge is 0.495 e. The van der Waals surface area contributed by atoms with Crippen LogP contribution in [-0.2, 0) is 4.79 Å². The van der Waals surface area contributed by atoms with E-state index in [2.05, 4.69) is 16.3 Å². The van der Waals surface area contributed by atoms with Crippen molar-refractivity contribution in [3.05, 3.63) is 24.3 Å². The lowest BCUT2D eigenvalue weighted by molar-refractivity contribution is -0.899. The number of carbonyl (C=O) groups excluding carboxylic acids is 1. The molecule has 1 fully saturated rings. The molecule has 0 unspecified atom stereocenters. The third kappa shape index (κ3) is 3.87. The summed E-state index contributed by atoms with van der Waals surface area (Å²) in [6, 6.07) is 8.16. The number of para-hydroxylation sites is 2. The summed E-state index contributed by atoms with van der Waals surface area (Å²) in [4.78, 5) is 14.8. The molecule has 0 aliphatic carbocycles. The minimum Gasteiger partial charge on any atom is -0.495 e. The number of anilines is 1. The zero-order valence-electron chi connectivity index (χ0n) is 12.3. The summed E-state index contributed by atoms with van der Waals surface area (Å²) in [7, 11) is 1.72. The molecule has 2 rings (SSSR count). The molecule has 0 saturated carbocycles. The van der Waals surface area contributed by atoms with E-state index in [1.807, 2.05) is 18.2 Å². The van der Waals surface area contributed by atoms with Crippen molar-refractivity contribution in [3.63, 3.8) is 0 Å². The first kappa shape index (κ1) is 14.7. The predicted molar refractivity (Wildman–Crippen MR) is 79.5 cm³/mol. The molecule has 0 radical (unpaired) electrons. The van der Waals surface area contributed by atoms with Crippen LogP contribution in [0.2, 0.25) is 0 Å². The molecule has 1 heterocycles. The lowest BCUT2D eigenvalue weighted by atomic mass is 10.2. The molecule has 0 bridgehead atoms. The number of rotatable bonds is 5. The second-order valence-corrected chi connectivity index (χ2v) is 5.14. The molecule has 1 amide bonds. The summed E-state index contributed by atoms with van der Waals surface area (Å²) in [6.45, 7) is 7.56. The molecule has 110 valence electrons. The number of amides is 1. The lowest BCUT2D eigenvalue weighted by Crippen LogP contribution is -3.15. The summed E-state index contributed by atoms with van der Waals surface area (Å²) in [5, 5.41) is 2.86. The second-order valence-electron chi connectivity index (χ2n) is 5.14. The summed E-state index contributed by atoms with van der Waals surface area (Å²) in [5.41, 5.74) is 1.18. The van der Waals surface area contributed by atoms with Crippen LogP contribution in [0.4, 0.5) is 5.69 Å². The normalized spacial score (nSPS) is 16.0. The number of piperazine rings is 1. The van der Waals surface area contributed by atoms with Gasteiger partial charge in [0.1, 0.15) is 5.75 Å². The summed E-state index contributed by atoms with van der Waals surface area (Å²) < 4.78 is 5.42. The fourth-order valence-corrected chi connectivity index (χ4v) is 2.62. The van der Waals surface area contributed by atoms with Crippen LogP contribution in [0.1, 0.15) is 6.92 Å². The smallest absolute Gasteiger partial charge is 0.217 e. The van der Waals surface area contributed by atoms with Gasteiger partial charge < -0.3 is 19.9 Å². The lowest BCUT2D eigenvalue weighted by Gasteiger charge is -2.34. The van der Waals surface area contributed by atoms with Crippen LogP contribution >= 0.6 is 0 Å². The highest BCUT2D eigenvalue weighted by Gasteiger charge is 2.21. The van der Waals surface area contributed by atoms with Gasteiger partial charge in [-0.2, -0.15) is 0 Å². The topological polar surface area (TPSA) is 46.0 Å². The number of benzene rings is 1. The number of methoxy groups -OCH3 is 1. The summed E-state index contributed by atoms with van der Waals surface area (Å²) >= 11 is 0. The maximum Gasteiger partial charge on any atom is 0.217 e. The molecule has 1 aliphatic heterocycles. The first-order valence-electron chi connectivity index (χ1n) is 7.16. The standard InChI is InChI=1S/C15H23N3O2/c1-13(19)16-7-8-17-9-11-18(12-10-17)14-5-3-4-6-15(14)20-2/h3-6H,7-12H2,1-2H3,(H,16,19)/p+1. The van der Waals surface area contributed by atoms with Crippen molar-refractivity contribution >= 4 is 11.6 Å². The number of carbonyl (C=O) groups is 1. The minimum atomic E-state index is 0.0528. The Morgan fingerprint density at radius 1 is 1.35 bits per heavy atom. The van der Waals surface area contributed by atoms with Crippen LogP contribution in [-0.4, -0.2) is 52.3 Å². The fraction of sp³-hybridized carbons (Fsp3) is 0.533. The van der Waals surface area contributed by atoms with Crippen molar-refractivity contribution in [1.29, 1.82) is 0 Å². The molecule has 2 N–H and O–H groups in total. The number of ether oxygens (including phenoxy) is 1. The average molecular weight is 278 g/mol. The average Bonchev–Trinajstić information content (AvgIpc) is 2.47. The Kier molecular flexibility index (Phi) is 5.24. The van der Waals surface area contributed by atoms with Crippen LogP contribution < -0.4 is 19.9 Å². The molecule has 20 heavy (non-hydrogen) atoms. The van der Waals surface area contributed by atoms with E-state index < -0.39 is 0 Å². The van der Waals surface area contributed by atoms with Crippen LogP contribution in [0, 0.1) is 0 Å². The van der Waals surface area contributed by atoms with E-state index in [-0.39, 0.29) is 5.91 Å². The molecular weight excluding hydrogens is 254 g/mol. The highest BCUT2D eigenvalue weighted by atomic mass is 16.5. The molecule has 0 spiro atoms. The molecule has 5 nitrogen and oxygen atoms in total. The molecule has 1 aromatic rings. The van der Waals surface area contributed by atoms with Crippen molar-refractivity contribution in [2.24, 2.45) is 0 Å². The Morgan fingerprint density at radius 2 is 2.05 bits per heavy atom. The number of hydrogen-bond acceptors (Lipinski definition) is 3. The molecule has 5 heteroatoms. The minimum absolute atomic E-state index is 0.0528. The van der Waals surface area contributed by atoms with E-state index in [1.165, 1.54) is 5.69 Å². The van der Waals surface area contributed by atoms with Gasteiger partial charge in [-0.25, -0.2) is 0 Å². The van der Waals surface area contributed by atoms with E-state index in [4.69, 9.17) is 4.74 Å². The van der Waals surface area contributed by atoms with Gasteiger partial charge in [0.25, 0.3) is 0 Å². The first-order chi connectivity index (χ1) is 9.70. The van der Waals surface area contributed by atoms with Gasteiger partial charge in [0.15, 0.2) is 0 Å². The van der Waals surface area contributed by atoms with Gasteiger partial charge in [-0.05, 0) is 12.1 Å². The van der Waals surface area contributed by atoms with Crippen molar-refractivity contribution in [2.45, 2.75) is 6.92 Å². The Morgan fingerprint density at radius 3 is 2.70 bits per heavy atom.